The van der Waals surface area contributed by atoms with E-state index in [-0.39, 0.29) is 30.1 Å². The Bertz CT molecular complexity index is 279. The zero-order valence-electron chi connectivity index (χ0n) is 13.9. The lowest BCUT2D eigenvalue weighted by molar-refractivity contribution is 0.0581. The van der Waals surface area contributed by atoms with Crippen molar-refractivity contribution in [2.45, 2.75) is 45.1 Å². The molecule has 0 aromatic rings. The predicted octanol–water partition coefficient (Wildman–Crippen LogP) is 2.15. The molecule has 0 radical (unpaired) electrons. The second-order valence-corrected chi connectivity index (χ2v) is 5.77. The van der Waals surface area contributed by atoms with Crippen LogP contribution in [0.3, 0.4) is 0 Å². The van der Waals surface area contributed by atoms with Gasteiger partial charge in [-0.15, -0.1) is 24.0 Å². The Kier molecular flexibility index (Phi) is 12.4. The number of nitrogens with two attached hydrogens (primary N) is 1. The summed E-state index contributed by atoms with van der Waals surface area (Å²) in [6.45, 7) is 6.55. The van der Waals surface area contributed by atoms with E-state index in [1.807, 2.05) is 6.92 Å². The second kappa shape index (κ2) is 12.5. The maximum Gasteiger partial charge on any atom is 0.191 e. The molecule has 0 bridgehead atoms. The average Bonchev–Trinajstić information content (AvgIpc) is 2.70. The molecule has 0 spiro atoms. The van der Waals surface area contributed by atoms with Crippen molar-refractivity contribution in [1.29, 1.82) is 0 Å². The van der Waals surface area contributed by atoms with Crippen molar-refractivity contribution in [3.63, 3.8) is 0 Å². The first-order valence-electron chi connectivity index (χ1n) is 7.94. The Labute approximate surface area is 147 Å². The van der Waals surface area contributed by atoms with Crippen LogP contribution in [0.5, 0.6) is 0 Å². The normalized spacial score (nSPS) is 18.3. The van der Waals surface area contributed by atoms with E-state index in [0.717, 1.165) is 32.7 Å². The van der Waals surface area contributed by atoms with E-state index in [4.69, 9.17) is 10.5 Å². The first-order valence-corrected chi connectivity index (χ1v) is 7.94. The summed E-state index contributed by atoms with van der Waals surface area (Å²) >= 11 is 0. The summed E-state index contributed by atoms with van der Waals surface area (Å²) in [5.41, 5.74) is 6.13. The van der Waals surface area contributed by atoms with Crippen molar-refractivity contribution in [3.8, 4) is 0 Å². The minimum absolute atomic E-state index is 0. The fraction of sp³-hybridized carbons (Fsp3) is 0.933. The maximum atomic E-state index is 6.13. The molecule has 126 valence electrons. The third-order valence-corrected chi connectivity index (χ3v) is 3.69. The molecule has 5 nitrogen and oxygen atoms in total. The molecule has 0 aromatic carbocycles. The van der Waals surface area contributed by atoms with Crippen LogP contribution < -0.4 is 5.73 Å². The monoisotopic (exact) mass is 412 g/mol. The highest BCUT2D eigenvalue weighted by Crippen LogP contribution is 2.09. The molecule has 0 amide bonds. The molecule has 2 N–H and O–H groups in total. The maximum absolute atomic E-state index is 6.13. The van der Waals surface area contributed by atoms with Gasteiger partial charge in [-0.05, 0) is 40.3 Å². The predicted molar refractivity (Wildman–Crippen MR) is 101 cm³/mol. The minimum atomic E-state index is 0. The Morgan fingerprint density at radius 1 is 1.24 bits per heavy atom. The molecule has 21 heavy (non-hydrogen) atoms. The van der Waals surface area contributed by atoms with Crippen LogP contribution in [0.1, 0.15) is 39.0 Å². The zero-order chi connectivity index (χ0) is 14.8. The Morgan fingerprint density at radius 2 is 1.86 bits per heavy atom. The van der Waals surface area contributed by atoms with Gasteiger partial charge in [0.15, 0.2) is 5.96 Å². The van der Waals surface area contributed by atoms with Crippen molar-refractivity contribution in [1.82, 2.24) is 9.80 Å². The molecule has 1 saturated heterocycles. The number of nitrogens with zero attached hydrogens (tertiary/aromatic N) is 3. The molecule has 0 saturated carbocycles. The van der Waals surface area contributed by atoms with Gasteiger partial charge in [0.1, 0.15) is 0 Å². The third kappa shape index (κ3) is 9.52. The Hall–Kier alpha value is -0.0800. The van der Waals surface area contributed by atoms with Crippen LogP contribution in [0.25, 0.3) is 0 Å². The summed E-state index contributed by atoms with van der Waals surface area (Å²) in [7, 11) is 4.16. The number of aliphatic imine (C=N–C) groups is 1. The van der Waals surface area contributed by atoms with Crippen molar-refractivity contribution in [2.75, 3.05) is 46.9 Å². The summed E-state index contributed by atoms with van der Waals surface area (Å²) in [5.74, 6) is 0.696. The van der Waals surface area contributed by atoms with Crippen LogP contribution >= 0.6 is 24.0 Å². The molecule has 0 aliphatic carbocycles. The van der Waals surface area contributed by atoms with Crippen molar-refractivity contribution in [2.24, 2.45) is 10.7 Å². The fourth-order valence-corrected chi connectivity index (χ4v) is 2.46. The van der Waals surface area contributed by atoms with Gasteiger partial charge in [-0.3, -0.25) is 4.99 Å². The molecule has 0 aromatic heterocycles. The molecule has 1 aliphatic heterocycles. The van der Waals surface area contributed by atoms with Crippen molar-refractivity contribution in [3.05, 3.63) is 0 Å². The first-order chi connectivity index (χ1) is 9.63. The van der Waals surface area contributed by atoms with Gasteiger partial charge in [0.25, 0.3) is 0 Å². The van der Waals surface area contributed by atoms with Crippen LogP contribution in [0, 0.1) is 0 Å². The quantitative estimate of drug-likeness (QED) is 0.396. The van der Waals surface area contributed by atoms with Gasteiger partial charge < -0.3 is 20.3 Å². The largest absolute Gasteiger partial charge is 0.377 e. The standard InChI is InChI=1S/C15H32N4O.HI/c1-4-20-14(9-12-18(2)3)13-17-15(16)19-10-7-5-6-8-11-19;/h14H,4-13H2,1-3H3,(H2,16,17);1H. The average molecular weight is 412 g/mol. The van der Waals surface area contributed by atoms with Gasteiger partial charge in [-0.1, -0.05) is 12.8 Å². The van der Waals surface area contributed by atoms with Crippen molar-refractivity contribution >= 4 is 29.9 Å². The molecular formula is C15H33IN4O. The highest BCUT2D eigenvalue weighted by atomic mass is 127. The Balaban J connectivity index is 0.00000400. The van der Waals surface area contributed by atoms with Crippen LogP contribution in [0.15, 0.2) is 4.99 Å². The molecule has 1 rings (SSSR count). The lowest BCUT2D eigenvalue weighted by atomic mass is 10.2. The number of likely N-dealkylation sites (tertiary alicyclic amines) is 1. The lowest BCUT2D eigenvalue weighted by Gasteiger charge is -2.22. The number of rotatable bonds is 7. The zero-order valence-corrected chi connectivity index (χ0v) is 16.2. The van der Waals surface area contributed by atoms with Crippen LogP contribution in [-0.4, -0.2) is 68.7 Å². The summed E-state index contributed by atoms with van der Waals surface area (Å²) < 4.78 is 5.75. The number of halogens is 1. The molecule has 1 unspecified atom stereocenters. The Morgan fingerprint density at radius 3 is 2.38 bits per heavy atom. The SMILES string of the molecule is CCOC(CCN(C)C)CN=C(N)N1CCCCCC1.I. The number of hydrogen-bond donors (Lipinski definition) is 1. The topological polar surface area (TPSA) is 54.1 Å². The fourth-order valence-electron chi connectivity index (χ4n) is 2.46. The van der Waals surface area contributed by atoms with E-state index >= 15 is 0 Å². The highest BCUT2D eigenvalue weighted by molar-refractivity contribution is 14.0. The van der Waals surface area contributed by atoms with Crippen LogP contribution in [-0.2, 0) is 4.74 Å². The molecule has 1 atom stereocenters. The van der Waals surface area contributed by atoms with Gasteiger partial charge in [0, 0.05) is 26.2 Å². The molecular weight excluding hydrogens is 379 g/mol. The minimum Gasteiger partial charge on any atom is -0.377 e. The summed E-state index contributed by atoms with van der Waals surface area (Å²) in [5, 5.41) is 0. The summed E-state index contributed by atoms with van der Waals surface area (Å²) in [6, 6.07) is 0. The summed E-state index contributed by atoms with van der Waals surface area (Å²) in [4.78, 5) is 8.96. The molecule has 1 heterocycles. The van der Waals surface area contributed by atoms with Gasteiger partial charge in [-0.2, -0.15) is 0 Å². The van der Waals surface area contributed by atoms with Gasteiger partial charge in [0.05, 0.1) is 12.6 Å². The van der Waals surface area contributed by atoms with E-state index in [1.165, 1.54) is 25.7 Å². The van der Waals surface area contributed by atoms with Gasteiger partial charge >= 0.3 is 0 Å². The number of guanidine groups is 1. The number of ether oxygens (including phenoxy) is 1. The second-order valence-electron chi connectivity index (χ2n) is 5.77. The van der Waals surface area contributed by atoms with E-state index in [9.17, 15) is 0 Å². The van der Waals surface area contributed by atoms with E-state index < -0.39 is 0 Å². The number of hydrogen-bond acceptors (Lipinski definition) is 3. The van der Waals surface area contributed by atoms with Crippen molar-refractivity contribution < 1.29 is 4.74 Å². The smallest absolute Gasteiger partial charge is 0.191 e. The van der Waals surface area contributed by atoms with Gasteiger partial charge in [0.2, 0.25) is 0 Å². The molecule has 1 fully saturated rings. The summed E-state index contributed by atoms with van der Waals surface area (Å²) in [6.07, 6.45) is 6.25. The third-order valence-electron chi connectivity index (χ3n) is 3.69. The van der Waals surface area contributed by atoms with E-state index in [2.05, 4.69) is 28.9 Å². The molecule has 1 aliphatic rings. The molecule has 6 heteroatoms. The lowest BCUT2D eigenvalue weighted by Crippen LogP contribution is -2.38. The highest BCUT2D eigenvalue weighted by Gasteiger charge is 2.13. The van der Waals surface area contributed by atoms with E-state index in [1.54, 1.807) is 0 Å². The first kappa shape index (κ1) is 20.9. The van der Waals surface area contributed by atoms with Crippen LogP contribution in [0.2, 0.25) is 0 Å². The van der Waals surface area contributed by atoms with Gasteiger partial charge in [-0.25, -0.2) is 0 Å². The van der Waals surface area contributed by atoms with Crippen LogP contribution in [0.4, 0.5) is 0 Å². The van der Waals surface area contributed by atoms with E-state index in [0.29, 0.717) is 12.5 Å².